The van der Waals surface area contributed by atoms with Crippen molar-refractivity contribution >= 4 is 16.8 Å². The molecule has 0 bridgehead atoms. The minimum absolute atomic E-state index is 0.0368. The zero-order chi connectivity index (χ0) is 21.3. The highest BCUT2D eigenvalue weighted by atomic mass is 16.5. The molecule has 0 saturated carbocycles. The topological polar surface area (TPSA) is 73.0 Å². The van der Waals surface area contributed by atoms with Crippen molar-refractivity contribution in [2.75, 3.05) is 41.5 Å². The molecule has 0 radical (unpaired) electrons. The monoisotopic (exact) mass is 410 g/mol. The van der Waals surface area contributed by atoms with Crippen LogP contribution >= 0.6 is 0 Å². The second-order valence-electron chi connectivity index (χ2n) is 7.30. The molecule has 7 heteroatoms. The van der Waals surface area contributed by atoms with Gasteiger partial charge in [-0.15, -0.1) is 0 Å². The van der Waals surface area contributed by atoms with Crippen molar-refractivity contribution in [2.45, 2.75) is 12.3 Å². The molecule has 0 aliphatic carbocycles. The third-order valence-electron chi connectivity index (χ3n) is 5.73. The standard InChI is InChI=1S/C23H26N2O5/c1-27-16-7-5-14(6-8-16)15-9-10-25(13-15)23(26)18-11-17-19(28-2)12-20(29-3)22(30-4)21(17)24-18/h5-8,11-12,15,24H,9-10,13H2,1-4H3. The molecule has 2 heterocycles. The highest BCUT2D eigenvalue weighted by Crippen LogP contribution is 2.41. The number of carbonyl (C=O) groups excluding carboxylic acids is 1. The summed E-state index contributed by atoms with van der Waals surface area (Å²) in [6.07, 6.45) is 0.929. The van der Waals surface area contributed by atoms with Crippen LogP contribution in [0.15, 0.2) is 36.4 Å². The number of rotatable bonds is 6. The fourth-order valence-electron chi connectivity index (χ4n) is 4.12. The molecule has 1 saturated heterocycles. The van der Waals surface area contributed by atoms with Crippen LogP contribution in [0, 0.1) is 0 Å². The average molecular weight is 410 g/mol. The van der Waals surface area contributed by atoms with Gasteiger partial charge in [-0.25, -0.2) is 0 Å². The van der Waals surface area contributed by atoms with E-state index in [-0.39, 0.29) is 5.91 Å². The van der Waals surface area contributed by atoms with Gasteiger partial charge in [0.15, 0.2) is 11.5 Å². The SMILES string of the molecule is COc1ccc(C2CCN(C(=O)c3cc4c(OC)cc(OC)c(OC)c4[nH]3)C2)cc1. The van der Waals surface area contributed by atoms with Crippen molar-refractivity contribution in [1.29, 1.82) is 0 Å². The summed E-state index contributed by atoms with van der Waals surface area (Å²) in [5.74, 6) is 2.82. The number of nitrogens with one attached hydrogen (secondary N) is 1. The zero-order valence-electron chi connectivity index (χ0n) is 17.7. The maximum atomic E-state index is 13.2. The van der Waals surface area contributed by atoms with E-state index >= 15 is 0 Å². The number of amides is 1. The number of fused-ring (bicyclic) bond motifs is 1. The third-order valence-corrected chi connectivity index (χ3v) is 5.73. The number of H-pyrrole nitrogens is 1. The Morgan fingerprint density at radius 1 is 0.967 bits per heavy atom. The molecule has 3 aromatic rings. The van der Waals surface area contributed by atoms with Crippen molar-refractivity contribution in [2.24, 2.45) is 0 Å². The van der Waals surface area contributed by atoms with Gasteiger partial charge in [0, 0.05) is 30.5 Å². The molecule has 1 unspecified atom stereocenters. The van der Waals surface area contributed by atoms with E-state index in [9.17, 15) is 4.79 Å². The third kappa shape index (κ3) is 3.40. The molecular weight excluding hydrogens is 384 g/mol. The Labute approximate surface area is 175 Å². The maximum Gasteiger partial charge on any atom is 0.270 e. The molecule has 1 amide bonds. The van der Waals surface area contributed by atoms with E-state index in [4.69, 9.17) is 18.9 Å². The molecule has 1 aromatic heterocycles. The molecule has 1 aliphatic heterocycles. The smallest absolute Gasteiger partial charge is 0.270 e. The minimum Gasteiger partial charge on any atom is -0.497 e. The summed E-state index contributed by atoms with van der Waals surface area (Å²) in [4.78, 5) is 18.3. The molecule has 2 aromatic carbocycles. The maximum absolute atomic E-state index is 13.2. The lowest BCUT2D eigenvalue weighted by molar-refractivity contribution is 0.0786. The van der Waals surface area contributed by atoms with Crippen LogP contribution in [-0.2, 0) is 0 Å². The second kappa shape index (κ2) is 8.18. The highest BCUT2D eigenvalue weighted by Gasteiger charge is 2.29. The molecule has 1 fully saturated rings. The van der Waals surface area contributed by atoms with Crippen molar-refractivity contribution in [3.8, 4) is 23.0 Å². The highest BCUT2D eigenvalue weighted by molar-refractivity contribution is 6.02. The number of benzene rings is 2. The van der Waals surface area contributed by atoms with Gasteiger partial charge < -0.3 is 28.8 Å². The number of aromatic amines is 1. The van der Waals surface area contributed by atoms with Gasteiger partial charge in [0.1, 0.15) is 17.2 Å². The Hall–Kier alpha value is -3.35. The first-order valence-corrected chi connectivity index (χ1v) is 9.84. The number of methoxy groups -OCH3 is 4. The molecule has 4 rings (SSSR count). The number of likely N-dealkylation sites (tertiary alicyclic amines) is 1. The van der Waals surface area contributed by atoms with E-state index in [1.807, 2.05) is 23.1 Å². The normalized spacial score (nSPS) is 16.0. The fraction of sp³-hybridized carbons (Fsp3) is 0.348. The Kier molecular flexibility index (Phi) is 5.44. The number of ether oxygens (including phenoxy) is 4. The van der Waals surface area contributed by atoms with Gasteiger partial charge in [-0.1, -0.05) is 12.1 Å². The summed E-state index contributed by atoms with van der Waals surface area (Å²) in [5, 5.41) is 0.782. The zero-order valence-corrected chi connectivity index (χ0v) is 17.7. The lowest BCUT2D eigenvalue weighted by Gasteiger charge is -2.16. The number of hydrogen-bond donors (Lipinski definition) is 1. The van der Waals surface area contributed by atoms with E-state index < -0.39 is 0 Å². The van der Waals surface area contributed by atoms with Gasteiger partial charge in [0.05, 0.1) is 34.0 Å². The first kappa shape index (κ1) is 19.9. The lowest BCUT2D eigenvalue weighted by atomic mass is 9.98. The van der Waals surface area contributed by atoms with Crippen molar-refractivity contribution < 1.29 is 23.7 Å². The van der Waals surface area contributed by atoms with E-state index in [0.717, 1.165) is 17.6 Å². The molecule has 30 heavy (non-hydrogen) atoms. The number of aromatic nitrogens is 1. The van der Waals surface area contributed by atoms with Crippen LogP contribution < -0.4 is 18.9 Å². The van der Waals surface area contributed by atoms with E-state index in [2.05, 4.69) is 17.1 Å². The summed E-state index contributed by atoms with van der Waals surface area (Å²) in [5.41, 5.74) is 2.41. The number of carbonyl (C=O) groups is 1. The Balaban J connectivity index is 1.60. The quantitative estimate of drug-likeness (QED) is 0.669. The Bertz CT molecular complexity index is 1060. The van der Waals surface area contributed by atoms with E-state index in [1.165, 1.54) is 5.56 Å². The Morgan fingerprint density at radius 2 is 1.70 bits per heavy atom. The molecule has 1 aliphatic rings. The first-order chi connectivity index (χ1) is 14.6. The van der Waals surface area contributed by atoms with Crippen LogP contribution in [0.1, 0.15) is 28.4 Å². The largest absolute Gasteiger partial charge is 0.497 e. The van der Waals surface area contributed by atoms with Crippen LogP contribution in [0.3, 0.4) is 0 Å². The van der Waals surface area contributed by atoms with Gasteiger partial charge in [-0.3, -0.25) is 4.79 Å². The minimum atomic E-state index is -0.0368. The lowest BCUT2D eigenvalue weighted by Crippen LogP contribution is -2.28. The van der Waals surface area contributed by atoms with Gasteiger partial charge >= 0.3 is 0 Å². The predicted octanol–water partition coefficient (Wildman–Crippen LogP) is 3.83. The first-order valence-electron chi connectivity index (χ1n) is 9.84. The number of hydrogen-bond acceptors (Lipinski definition) is 5. The van der Waals surface area contributed by atoms with Crippen LogP contribution in [0.2, 0.25) is 0 Å². The van der Waals surface area contributed by atoms with Gasteiger partial charge in [0.25, 0.3) is 5.91 Å². The molecule has 1 atom stereocenters. The van der Waals surface area contributed by atoms with Gasteiger partial charge in [0.2, 0.25) is 0 Å². The summed E-state index contributed by atoms with van der Waals surface area (Å²) in [6, 6.07) is 11.6. The van der Waals surface area contributed by atoms with Crippen LogP contribution in [-0.4, -0.2) is 57.3 Å². The van der Waals surface area contributed by atoms with Crippen molar-refractivity contribution in [1.82, 2.24) is 9.88 Å². The fourth-order valence-corrected chi connectivity index (χ4v) is 4.12. The summed E-state index contributed by atoms with van der Waals surface area (Å²) < 4.78 is 21.6. The van der Waals surface area contributed by atoms with Gasteiger partial charge in [-0.05, 0) is 30.2 Å². The molecule has 158 valence electrons. The van der Waals surface area contributed by atoms with Gasteiger partial charge in [-0.2, -0.15) is 0 Å². The molecule has 1 N–H and O–H groups in total. The summed E-state index contributed by atoms with van der Waals surface area (Å²) in [7, 11) is 6.40. The van der Waals surface area contributed by atoms with Crippen LogP contribution in [0.25, 0.3) is 10.9 Å². The van der Waals surface area contributed by atoms with Crippen LogP contribution in [0.5, 0.6) is 23.0 Å². The molecule has 0 spiro atoms. The van der Waals surface area contributed by atoms with E-state index in [1.54, 1.807) is 34.5 Å². The van der Waals surface area contributed by atoms with Crippen molar-refractivity contribution in [3.63, 3.8) is 0 Å². The molecular formula is C23H26N2O5. The summed E-state index contributed by atoms with van der Waals surface area (Å²) in [6.45, 7) is 1.39. The van der Waals surface area contributed by atoms with Crippen molar-refractivity contribution in [3.05, 3.63) is 47.7 Å². The van der Waals surface area contributed by atoms with E-state index in [0.29, 0.717) is 47.5 Å². The Morgan fingerprint density at radius 3 is 2.33 bits per heavy atom. The second-order valence-corrected chi connectivity index (χ2v) is 7.30. The average Bonchev–Trinajstić information content (AvgIpc) is 3.45. The summed E-state index contributed by atoms with van der Waals surface area (Å²) >= 11 is 0. The predicted molar refractivity (Wildman–Crippen MR) is 114 cm³/mol. The van der Waals surface area contributed by atoms with Crippen LogP contribution in [0.4, 0.5) is 0 Å². The number of nitrogens with zero attached hydrogens (tertiary/aromatic N) is 1. The molecule has 7 nitrogen and oxygen atoms in total.